The van der Waals surface area contributed by atoms with Gasteiger partial charge in [-0.15, -0.1) is 0 Å². The van der Waals surface area contributed by atoms with E-state index in [1.165, 1.54) is 44.9 Å². The Morgan fingerprint density at radius 1 is 0.977 bits per heavy atom. The molecule has 5 aliphatic rings. The number of carbonyl (C=O) groups excluding carboxylic acids is 1. The summed E-state index contributed by atoms with van der Waals surface area (Å²) in [6.45, 7) is 12.2. The maximum Gasteiger partial charge on any atom is 0.338 e. The number of hydrogen-bond donors (Lipinski definition) is 0. The Balaban J connectivity index is 1.14. The third-order valence-corrected chi connectivity index (χ3v) is 13.1. The second kappa shape index (κ2) is 10.8. The molecular weight excluding hydrogens is 548 g/mol. The average molecular weight is 597 g/mol. The number of fused-ring (bicyclic) bond motifs is 4. The van der Waals surface area contributed by atoms with Crippen molar-refractivity contribution in [1.29, 1.82) is 0 Å². The zero-order valence-corrected chi connectivity index (χ0v) is 26.4. The number of ether oxygens (including phenoxy) is 2. The fraction of sp³-hybridized carbons (Fsp3) is 0.794. The van der Waals surface area contributed by atoms with Gasteiger partial charge in [0.1, 0.15) is 11.7 Å². The van der Waals surface area contributed by atoms with Crippen molar-refractivity contribution in [3.8, 4) is 0 Å². The van der Waals surface area contributed by atoms with E-state index in [0.717, 1.165) is 54.7 Å². The van der Waals surface area contributed by atoms with Gasteiger partial charge >= 0.3 is 5.97 Å². The molecule has 0 N–H and O–H groups in total. The average Bonchev–Trinajstić information content (AvgIpc) is 3.53. The first-order valence-electron chi connectivity index (χ1n) is 16.6. The lowest BCUT2D eigenvalue weighted by molar-refractivity contribution is -0.394. The SMILES string of the molecule is CC(C)CCC[C@H](C)[C@H]1CC[C@H]2[C@@H]3C[C@@H]4O[C@@]45C[C@@H](OC(=O)c4cc([N+](=O)[O-])cc([N+](=O)[O-])c4)CC[C@]5(C)[C@H]3CC[C@]12C. The predicted octanol–water partition coefficient (Wildman–Crippen LogP) is 8.28. The van der Waals surface area contributed by atoms with Crippen LogP contribution in [0, 0.1) is 66.6 Å². The number of non-ortho nitro benzene ring substituents is 2. The smallest absolute Gasteiger partial charge is 0.338 e. The van der Waals surface area contributed by atoms with E-state index in [1.54, 1.807) is 0 Å². The number of carbonyl (C=O) groups is 1. The topological polar surface area (TPSA) is 125 Å². The fourth-order valence-electron chi connectivity index (χ4n) is 10.9. The lowest BCUT2D eigenvalue weighted by Gasteiger charge is -2.59. The molecule has 5 fully saturated rings. The van der Waals surface area contributed by atoms with Crippen LogP contribution in [0.3, 0.4) is 0 Å². The van der Waals surface area contributed by atoms with Crippen LogP contribution in [-0.2, 0) is 9.47 Å². The highest BCUT2D eigenvalue weighted by molar-refractivity contribution is 5.91. The summed E-state index contributed by atoms with van der Waals surface area (Å²) < 4.78 is 12.5. The summed E-state index contributed by atoms with van der Waals surface area (Å²) in [7, 11) is 0. The van der Waals surface area contributed by atoms with Gasteiger partial charge in [-0.3, -0.25) is 20.2 Å². The minimum absolute atomic E-state index is 0.0378. The van der Waals surface area contributed by atoms with Crippen molar-refractivity contribution in [2.45, 2.75) is 123 Å². The van der Waals surface area contributed by atoms with Crippen LogP contribution in [0.4, 0.5) is 11.4 Å². The highest BCUT2D eigenvalue weighted by Crippen LogP contribution is 2.74. The van der Waals surface area contributed by atoms with Crippen molar-refractivity contribution in [3.63, 3.8) is 0 Å². The first-order chi connectivity index (χ1) is 20.3. The molecule has 6 rings (SSSR count). The number of epoxide rings is 1. The molecule has 1 aromatic rings. The third-order valence-electron chi connectivity index (χ3n) is 13.1. The van der Waals surface area contributed by atoms with E-state index in [1.807, 2.05) is 0 Å². The van der Waals surface area contributed by atoms with Crippen LogP contribution in [-0.4, -0.2) is 33.6 Å². The molecule has 43 heavy (non-hydrogen) atoms. The molecule has 1 aliphatic heterocycles. The standard InChI is InChI=1S/C34H48N2O7/c1-20(2)7-6-8-21(3)27-9-10-28-26-18-30-34(43-30)19-25(11-14-33(34,5)29(26)12-13-32(27,28)4)42-31(37)22-15-23(35(38)39)17-24(16-22)36(40)41/h15-17,20-21,25-30H,6-14,18-19H2,1-5H3/t21-,25-,26-,27+,28-,29-,30-,32+,33+,34-/m0/s1. The van der Waals surface area contributed by atoms with E-state index in [4.69, 9.17) is 9.47 Å². The number of esters is 1. The summed E-state index contributed by atoms with van der Waals surface area (Å²) in [6.07, 6.45) is 12.4. The van der Waals surface area contributed by atoms with Crippen LogP contribution in [0.15, 0.2) is 18.2 Å². The van der Waals surface area contributed by atoms with E-state index >= 15 is 0 Å². The molecule has 1 saturated heterocycles. The van der Waals surface area contributed by atoms with Gasteiger partial charge in [0, 0.05) is 24.0 Å². The normalized spacial score (nSPS) is 40.0. The summed E-state index contributed by atoms with van der Waals surface area (Å²) in [6, 6.07) is 2.97. The summed E-state index contributed by atoms with van der Waals surface area (Å²) in [5.41, 5.74) is -0.994. The molecular formula is C34H48N2O7. The van der Waals surface area contributed by atoms with Gasteiger partial charge in [-0.25, -0.2) is 4.79 Å². The minimum atomic E-state index is -0.754. The summed E-state index contributed by atoms with van der Waals surface area (Å²) in [5, 5.41) is 22.6. The quantitative estimate of drug-likeness (QED) is 0.121. The van der Waals surface area contributed by atoms with Crippen molar-refractivity contribution in [3.05, 3.63) is 44.0 Å². The second-order valence-electron chi connectivity index (χ2n) is 15.6. The van der Waals surface area contributed by atoms with Crippen molar-refractivity contribution < 1.29 is 24.1 Å². The fourth-order valence-corrected chi connectivity index (χ4v) is 10.9. The van der Waals surface area contributed by atoms with E-state index in [9.17, 15) is 25.0 Å². The van der Waals surface area contributed by atoms with Gasteiger partial charge in [0.05, 0.1) is 27.6 Å². The van der Waals surface area contributed by atoms with Crippen molar-refractivity contribution in [2.75, 3.05) is 0 Å². The zero-order valence-electron chi connectivity index (χ0n) is 26.4. The summed E-state index contributed by atoms with van der Waals surface area (Å²) >= 11 is 0. The van der Waals surface area contributed by atoms with Crippen LogP contribution in [0.2, 0.25) is 0 Å². The molecule has 9 nitrogen and oxygen atoms in total. The Morgan fingerprint density at radius 3 is 2.33 bits per heavy atom. The maximum atomic E-state index is 13.1. The number of benzene rings is 1. The molecule has 4 saturated carbocycles. The van der Waals surface area contributed by atoms with Gasteiger partial charge in [-0.05, 0) is 85.9 Å². The largest absolute Gasteiger partial charge is 0.459 e. The first kappa shape index (κ1) is 30.5. The molecule has 0 radical (unpaired) electrons. The van der Waals surface area contributed by atoms with Gasteiger partial charge in [0.15, 0.2) is 0 Å². The first-order valence-corrected chi connectivity index (χ1v) is 16.6. The predicted molar refractivity (Wildman–Crippen MR) is 162 cm³/mol. The monoisotopic (exact) mass is 596 g/mol. The van der Waals surface area contributed by atoms with E-state index in [0.29, 0.717) is 30.1 Å². The van der Waals surface area contributed by atoms with Crippen LogP contribution >= 0.6 is 0 Å². The van der Waals surface area contributed by atoms with Crippen molar-refractivity contribution >= 4 is 17.3 Å². The number of rotatable bonds is 9. The molecule has 0 amide bonds. The highest BCUT2D eigenvalue weighted by atomic mass is 16.6. The summed E-state index contributed by atoms with van der Waals surface area (Å²) in [5.74, 6) is 3.65. The van der Waals surface area contributed by atoms with Crippen LogP contribution in [0.5, 0.6) is 0 Å². The van der Waals surface area contributed by atoms with E-state index in [-0.39, 0.29) is 28.8 Å². The van der Waals surface area contributed by atoms with Crippen LogP contribution in [0.1, 0.15) is 116 Å². The number of nitro groups is 2. The summed E-state index contributed by atoms with van der Waals surface area (Å²) in [4.78, 5) is 34.3. The van der Waals surface area contributed by atoms with Crippen LogP contribution in [0.25, 0.3) is 0 Å². The van der Waals surface area contributed by atoms with Gasteiger partial charge in [-0.1, -0.05) is 53.9 Å². The Hall–Kier alpha value is -2.55. The molecule has 1 aromatic carbocycles. The van der Waals surface area contributed by atoms with E-state index < -0.39 is 27.2 Å². The molecule has 0 bridgehead atoms. The number of nitrogens with zero attached hydrogens (tertiary/aromatic N) is 2. The lowest BCUT2D eigenvalue weighted by Crippen LogP contribution is -2.59. The van der Waals surface area contributed by atoms with Crippen molar-refractivity contribution in [1.82, 2.24) is 0 Å². The van der Waals surface area contributed by atoms with Gasteiger partial charge < -0.3 is 9.47 Å². The van der Waals surface area contributed by atoms with Crippen LogP contribution < -0.4 is 0 Å². The number of nitro benzene ring substituents is 2. The Morgan fingerprint density at radius 2 is 1.67 bits per heavy atom. The Kier molecular flexibility index (Phi) is 7.66. The molecule has 4 aliphatic carbocycles. The van der Waals surface area contributed by atoms with Gasteiger partial charge in [-0.2, -0.15) is 0 Å². The molecule has 1 spiro atoms. The molecule has 236 valence electrons. The van der Waals surface area contributed by atoms with E-state index in [2.05, 4.69) is 34.6 Å². The molecule has 0 unspecified atom stereocenters. The molecule has 0 aromatic heterocycles. The zero-order chi connectivity index (χ0) is 30.9. The minimum Gasteiger partial charge on any atom is -0.459 e. The Bertz CT molecular complexity index is 1270. The molecule has 9 heteroatoms. The van der Waals surface area contributed by atoms with Crippen molar-refractivity contribution in [2.24, 2.45) is 46.3 Å². The lowest BCUT2D eigenvalue weighted by atomic mass is 9.44. The Labute approximate surface area is 254 Å². The second-order valence-corrected chi connectivity index (χ2v) is 15.6. The number of hydrogen-bond acceptors (Lipinski definition) is 7. The van der Waals surface area contributed by atoms with Gasteiger partial charge in [0.25, 0.3) is 11.4 Å². The van der Waals surface area contributed by atoms with Gasteiger partial charge in [0.2, 0.25) is 0 Å². The third kappa shape index (κ3) is 4.98. The molecule has 1 heterocycles. The highest BCUT2D eigenvalue weighted by Gasteiger charge is 2.76. The maximum absolute atomic E-state index is 13.1. The molecule has 10 atom stereocenters.